The highest BCUT2D eigenvalue weighted by molar-refractivity contribution is 7.13. The minimum atomic E-state index is -0.0526. The Kier molecular flexibility index (Phi) is 5.62. The summed E-state index contributed by atoms with van der Waals surface area (Å²) in [6.07, 6.45) is 0.365. The van der Waals surface area contributed by atoms with E-state index in [0.717, 1.165) is 16.8 Å². The van der Waals surface area contributed by atoms with Crippen LogP contribution in [0.1, 0.15) is 29.2 Å². The number of nitrogens with zero attached hydrogens (tertiary/aromatic N) is 1. The lowest BCUT2D eigenvalue weighted by Crippen LogP contribution is -2.16. The van der Waals surface area contributed by atoms with Gasteiger partial charge in [-0.3, -0.25) is 4.79 Å². The number of aromatic nitrogens is 1. The van der Waals surface area contributed by atoms with Crippen molar-refractivity contribution in [3.05, 3.63) is 82.9 Å². The number of hydrogen-bond donors (Lipinski definition) is 1. The lowest BCUT2D eigenvalue weighted by Gasteiger charge is -2.17. The molecule has 1 heterocycles. The van der Waals surface area contributed by atoms with Crippen LogP contribution in [0.2, 0.25) is 0 Å². The van der Waals surface area contributed by atoms with Crippen molar-refractivity contribution in [3.63, 3.8) is 0 Å². The topological polar surface area (TPSA) is 42.0 Å². The molecule has 0 aliphatic heterocycles. The highest BCUT2D eigenvalue weighted by Gasteiger charge is 2.18. The Labute approximate surface area is 150 Å². The Balaban J connectivity index is 1.78. The number of benzene rings is 2. The first-order chi connectivity index (χ1) is 11.8. The predicted octanol–water partition coefficient (Wildman–Crippen LogP) is 5.04. The van der Waals surface area contributed by atoms with Gasteiger partial charge in [0, 0.05) is 17.7 Å². The number of anilines is 1. The van der Waals surface area contributed by atoms with Crippen LogP contribution in [0, 0.1) is 0 Å². The van der Waals surface area contributed by atoms with E-state index in [-0.39, 0.29) is 11.8 Å². The second kappa shape index (κ2) is 8.08. The fourth-order valence-electron chi connectivity index (χ4n) is 2.58. The zero-order chi connectivity index (χ0) is 16.8. The molecule has 5 heteroatoms. The van der Waals surface area contributed by atoms with Crippen LogP contribution >= 0.6 is 22.9 Å². The lowest BCUT2D eigenvalue weighted by molar-refractivity contribution is -0.116. The molecule has 3 rings (SSSR count). The van der Waals surface area contributed by atoms with Gasteiger partial charge in [-0.05, 0) is 11.1 Å². The molecule has 0 fully saturated rings. The van der Waals surface area contributed by atoms with E-state index in [4.69, 9.17) is 11.6 Å². The second-order valence-electron chi connectivity index (χ2n) is 5.40. The Morgan fingerprint density at radius 2 is 1.62 bits per heavy atom. The number of nitrogens with one attached hydrogen (secondary N) is 1. The van der Waals surface area contributed by atoms with Gasteiger partial charge in [0.05, 0.1) is 11.6 Å². The van der Waals surface area contributed by atoms with Gasteiger partial charge < -0.3 is 5.32 Å². The molecule has 122 valence electrons. The smallest absolute Gasteiger partial charge is 0.227 e. The number of hydrogen-bond acceptors (Lipinski definition) is 3. The van der Waals surface area contributed by atoms with Crippen LogP contribution in [0.25, 0.3) is 0 Å². The zero-order valence-electron chi connectivity index (χ0n) is 13.0. The van der Waals surface area contributed by atoms with Gasteiger partial charge in [0.1, 0.15) is 0 Å². The molecule has 1 amide bonds. The Morgan fingerprint density at radius 3 is 2.12 bits per heavy atom. The van der Waals surface area contributed by atoms with E-state index in [2.05, 4.69) is 34.6 Å². The third-order valence-electron chi connectivity index (χ3n) is 3.73. The molecule has 0 saturated heterocycles. The SMILES string of the molecule is O=C(CC(c1ccccc1)c1ccccc1)Nc1nc(CCl)cs1. The molecular weight excluding hydrogens is 340 g/mol. The van der Waals surface area contributed by atoms with Crippen LogP contribution < -0.4 is 5.32 Å². The Bertz CT molecular complexity index is 750. The molecule has 0 atom stereocenters. The average molecular weight is 357 g/mol. The number of amides is 1. The number of alkyl halides is 1. The summed E-state index contributed by atoms with van der Waals surface area (Å²) in [6, 6.07) is 20.2. The summed E-state index contributed by atoms with van der Waals surface area (Å²) in [7, 11) is 0. The van der Waals surface area contributed by atoms with Gasteiger partial charge in [0.2, 0.25) is 5.91 Å². The molecule has 0 saturated carbocycles. The summed E-state index contributed by atoms with van der Waals surface area (Å²) in [5, 5.41) is 5.33. The summed E-state index contributed by atoms with van der Waals surface area (Å²) in [4.78, 5) is 16.8. The number of thiazole rings is 1. The Morgan fingerprint density at radius 1 is 1.04 bits per heavy atom. The fourth-order valence-corrected chi connectivity index (χ4v) is 3.54. The molecule has 24 heavy (non-hydrogen) atoms. The van der Waals surface area contributed by atoms with Gasteiger partial charge in [-0.15, -0.1) is 22.9 Å². The second-order valence-corrected chi connectivity index (χ2v) is 6.53. The van der Waals surface area contributed by atoms with Gasteiger partial charge in [0.25, 0.3) is 0 Å². The predicted molar refractivity (Wildman–Crippen MR) is 99.6 cm³/mol. The summed E-state index contributed by atoms with van der Waals surface area (Å²) in [5.74, 6) is 0.311. The van der Waals surface area contributed by atoms with Crippen molar-refractivity contribution in [2.75, 3.05) is 5.32 Å². The van der Waals surface area contributed by atoms with Crippen molar-refractivity contribution < 1.29 is 4.79 Å². The monoisotopic (exact) mass is 356 g/mol. The number of carbonyl (C=O) groups is 1. The van der Waals surface area contributed by atoms with Crippen LogP contribution in [-0.4, -0.2) is 10.9 Å². The minimum Gasteiger partial charge on any atom is -0.302 e. The normalized spacial score (nSPS) is 10.8. The maximum absolute atomic E-state index is 12.5. The molecular formula is C19H17ClN2OS. The number of halogens is 1. The fraction of sp³-hybridized carbons (Fsp3) is 0.158. The van der Waals surface area contributed by atoms with Gasteiger partial charge >= 0.3 is 0 Å². The van der Waals surface area contributed by atoms with E-state index in [1.807, 2.05) is 41.8 Å². The summed E-state index contributed by atoms with van der Waals surface area (Å²) in [5.41, 5.74) is 3.03. The maximum Gasteiger partial charge on any atom is 0.227 e. The van der Waals surface area contributed by atoms with Crippen molar-refractivity contribution in [1.82, 2.24) is 4.98 Å². The first-order valence-electron chi connectivity index (χ1n) is 7.66. The molecule has 0 aliphatic rings. The molecule has 1 N–H and O–H groups in total. The van der Waals surface area contributed by atoms with Crippen LogP contribution in [0.5, 0.6) is 0 Å². The van der Waals surface area contributed by atoms with E-state index in [1.165, 1.54) is 11.3 Å². The molecule has 1 aromatic heterocycles. The van der Waals surface area contributed by atoms with Gasteiger partial charge in [0.15, 0.2) is 5.13 Å². The van der Waals surface area contributed by atoms with Crippen molar-refractivity contribution >= 4 is 34.0 Å². The lowest BCUT2D eigenvalue weighted by atomic mass is 9.88. The summed E-state index contributed by atoms with van der Waals surface area (Å²) in [6.45, 7) is 0. The van der Waals surface area contributed by atoms with Crippen molar-refractivity contribution in [1.29, 1.82) is 0 Å². The highest BCUT2D eigenvalue weighted by Crippen LogP contribution is 2.28. The van der Waals surface area contributed by atoms with E-state index >= 15 is 0 Å². The van der Waals surface area contributed by atoms with Crippen molar-refractivity contribution in [2.24, 2.45) is 0 Å². The molecule has 0 unspecified atom stereocenters. The average Bonchev–Trinajstić information content (AvgIpc) is 3.08. The van der Waals surface area contributed by atoms with E-state index in [9.17, 15) is 4.79 Å². The summed E-state index contributed by atoms with van der Waals surface area (Å²) >= 11 is 7.15. The minimum absolute atomic E-state index is 0.0138. The molecule has 0 spiro atoms. The molecule has 0 radical (unpaired) electrons. The molecule has 3 nitrogen and oxygen atoms in total. The largest absolute Gasteiger partial charge is 0.302 e. The van der Waals surface area contributed by atoms with Gasteiger partial charge in [-0.25, -0.2) is 4.98 Å². The van der Waals surface area contributed by atoms with E-state index in [0.29, 0.717) is 17.4 Å². The van der Waals surface area contributed by atoms with Crippen LogP contribution in [-0.2, 0) is 10.7 Å². The standard InChI is InChI=1S/C19H17ClN2OS/c20-12-16-13-24-19(21-16)22-18(23)11-17(14-7-3-1-4-8-14)15-9-5-2-6-10-15/h1-10,13,17H,11-12H2,(H,21,22,23). The highest BCUT2D eigenvalue weighted by atomic mass is 35.5. The van der Waals surface area contributed by atoms with E-state index < -0.39 is 0 Å². The third-order valence-corrected chi connectivity index (χ3v) is 4.81. The van der Waals surface area contributed by atoms with Crippen LogP contribution in [0.3, 0.4) is 0 Å². The quantitative estimate of drug-likeness (QED) is 0.628. The van der Waals surface area contributed by atoms with Crippen molar-refractivity contribution in [3.8, 4) is 0 Å². The van der Waals surface area contributed by atoms with Crippen LogP contribution in [0.4, 0.5) is 5.13 Å². The molecule has 3 aromatic rings. The van der Waals surface area contributed by atoms with E-state index in [1.54, 1.807) is 0 Å². The van der Waals surface area contributed by atoms with Gasteiger partial charge in [-0.1, -0.05) is 60.7 Å². The maximum atomic E-state index is 12.5. The van der Waals surface area contributed by atoms with Gasteiger partial charge in [-0.2, -0.15) is 0 Å². The van der Waals surface area contributed by atoms with Crippen LogP contribution in [0.15, 0.2) is 66.0 Å². The van der Waals surface area contributed by atoms with Crippen molar-refractivity contribution in [2.45, 2.75) is 18.2 Å². The first-order valence-corrected chi connectivity index (χ1v) is 9.08. The molecule has 0 aliphatic carbocycles. The molecule has 2 aromatic carbocycles. The molecule has 0 bridgehead atoms. The third kappa shape index (κ3) is 4.22. The number of carbonyl (C=O) groups excluding carboxylic acids is 1. The summed E-state index contributed by atoms with van der Waals surface area (Å²) < 4.78 is 0. The Hall–Kier alpha value is -2.17. The first kappa shape index (κ1) is 16.7. The zero-order valence-corrected chi connectivity index (χ0v) is 14.6. The number of rotatable bonds is 6.